The third kappa shape index (κ3) is 3.04. The van der Waals surface area contributed by atoms with Crippen LogP contribution in [0, 0.1) is 0 Å². The fourth-order valence-corrected chi connectivity index (χ4v) is 3.00. The molecule has 3 rings (SSSR count). The predicted octanol–water partition coefficient (Wildman–Crippen LogP) is 3.99. The third-order valence-corrected chi connectivity index (χ3v) is 4.42. The first-order valence-corrected chi connectivity index (χ1v) is 8.27. The standard InChI is InChI=1S/C17H17NO3S/c1-22-13-5-2-11(3-6-13)12-4-7-15-14(10-12)16(8-9-20-15)21-17(18)19/h2-7,10,16H,8-9H2,1H3,(H2,18,19). The Morgan fingerprint density at radius 2 is 1.95 bits per heavy atom. The molecule has 4 nitrogen and oxygen atoms in total. The minimum Gasteiger partial charge on any atom is -0.493 e. The van der Waals surface area contributed by atoms with E-state index in [1.54, 1.807) is 11.8 Å². The molecule has 22 heavy (non-hydrogen) atoms. The zero-order valence-corrected chi connectivity index (χ0v) is 13.1. The molecular weight excluding hydrogens is 298 g/mol. The molecule has 1 aliphatic heterocycles. The lowest BCUT2D eigenvalue weighted by Gasteiger charge is -2.25. The van der Waals surface area contributed by atoms with Crippen molar-refractivity contribution < 1.29 is 14.3 Å². The van der Waals surface area contributed by atoms with E-state index in [0.29, 0.717) is 13.0 Å². The van der Waals surface area contributed by atoms with E-state index >= 15 is 0 Å². The molecule has 0 aliphatic carbocycles. The summed E-state index contributed by atoms with van der Waals surface area (Å²) < 4.78 is 10.8. The van der Waals surface area contributed by atoms with Gasteiger partial charge in [-0.05, 0) is 41.6 Å². The molecule has 0 saturated carbocycles. The Hall–Kier alpha value is -2.14. The van der Waals surface area contributed by atoms with E-state index in [4.69, 9.17) is 15.2 Å². The fraction of sp³-hybridized carbons (Fsp3) is 0.235. The molecular formula is C17H17NO3S. The van der Waals surface area contributed by atoms with Crippen molar-refractivity contribution in [1.82, 2.24) is 0 Å². The molecule has 114 valence electrons. The molecule has 2 N–H and O–H groups in total. The second kappa shape index (κ2) is 6.32. The molecule has 2 aromatic rings. The Bertz CT molecular complexity index is 685. The van der Waals surface area contributed by atoms with Crippen molar-refractivity contribution in [3.8, 4) is 16.9 Å². The molecule has 1 amide bonds. The first-order valence-electron chi connectivity index (χ1n) is 7.04. The van der Waals surface area contributed by atoms with Crippen LogP contribution in [0.3, 0.4) is 0 Å². The molecule has 0 spiro atoms. The second-order valence-corrected chi connectivity index (χ2v) is 5.92. The number of fused-ring (bicyclic) bond motifs is 1. The smallest absolute Gasteiger partial charge is 0.405 e. The fourth-order valence-electron chi connectivity index (χ4n) is 2.59. The summed E-state index contributed by atoms with van der Waals surface area (Å²) in [7, 11) is 0. The highest BCUT2D eigenvalue weighted by atomic mass is 32.2. The third-order valence-electron chi connectivity index (χ3n) is 3.68. The van der Waals surface area contributed by atoms with E-state index in [1.165, 1.54) is 4.90 Å². The van der Waals surface area contributed by atoms with Gasteiger partial charge in [-0.25, -0.2) is 4.79 Å². The van der Waals surface area contributed by atoms with Crippen LogP contribution in [0.4, 0.5) is 4.79 Å². The molecule has 0 saturated heterocycles. The van der Waals surface area contributed by atoms with Crippen molar-refractivity contribution in [1.29, 1.82) is 0 Å². The van der Waals surface area contributed by atoms with E-state index in [2.05, 4.69) is 30.5 Å². The normalized spacial score (nSPS) is 16.5. The van der Waals surface area contributed by atoms with E-state index in [1.807, 2.05) is 18.2 Å². The zero-order valence-electron chi connectivity index (χ0n) is 12.2. The Kier molecular flexibility index (Phi) is 4.24. The van der Waals surface area contributed by atoms with Gasteiger partial charge in [0.05, 0.1) is 6.61 Å². The quantitative estimate of drug-likeness (QED) is 0.870. The molecule has 0 radical (unpaired) electrons. The summed E-state index contributed by atoms with van der Waals surface area (Å²) in [6, 6.07) is 14.3. The summed E-state index contributed by atoms with van der Waals surface area (Å²) >= 11 is 1.71. The number of primary amides is 1. The topological polar surface area (TPSA) is 61.5 Å². The Morgan fingerprint density at radius 1 is 1.23 bits per heavy atom. The van der Waals surface area contributed by atoms with Crippen molar-refractivity contribution in [2.75, 3.05) is 12.9 Å². The lowest BCUT2D eigenvalue weighted by atomic mass is 9.97. The largest absolute Gasteiger partial charge is 0.493 e. The van der Waals surface area contributed by atoms with Crippen LogP contribution in [-0.2, 0) is 4.74 Å². The first kappa shape index (κ1) is 14.8. The highest BCUT2D eigenvalue weighted by Gasteiger charge is 2.24. The van der Waals surface area contributed by atoms with Gasteiger partial charge in [-0.15, -0.1) is 11.8 Å². The SMILES string of the molecule is CSc1ccc(-c2ccc3c(c2)C(OC(N)=O)CCO3)cc1. The van der Waals surface area contributed by atoms with Crippen LogP contribution in [0.25, 0.3) is 11.1 Å². The molecule has 0 aromatic heterocycles. The molecule has 0 bridgehead atoms. The van der Waals surface area contributed by atoms with Gasteiger partial charge in [-0.1, -0.05) is 18.2 Å². The predicted molar refractivity (Wildman–Crippen MR) is 87.2 cm³/mol. The lowest BCUT2D eigenvalue weighted by Crippen LogP contribution is -2.22. The molecule has 1 atom stereocenters. The summed E-state index contributed by atoms with van der Waals surface area (Å²) in [5.41, 5.74) is 8.21. The highest BCUT2D eigenvalue weighted by Crippen LogP contribution is 2.37. The summed E-state index contributed by atoms with van der Waals surface area (Å²) in [4.78, 5) is 12.3. The Balaban J connectivity index is 1.95. The number of hydrogen-bond acceptors (Lipinski definition) is 4. The summed E-state index contributed by atoms with van der Waals surface area (Å²) in [6.07, 6.45) is 1.57. The van der Waals surface area contributed by atoms with Gasteiger partial charge in [-0.3, -0.25) is 0 Å². The maximum Gasteiger partial charge on any atom is 0.405 e. The lowest BCUT2D eigenvalue weighted by molar-refractivity contribution is 0.0766. The van der Waals surface area contributed by atoms with Crippen molar-refractivity contribution in [2.24, 2.45) is 5.73 Å². The number of benzene rings is 2. The van der Waals surface area contributed by atoms with Crippen LogP contribution >= 0.6 is 11.8 Å². The number of thioether (sulfide) groups is 1. The minimum atomic E-state index is -0.757. The number of carbonyl (C=O) groups is 1. The number of hydrogen-bond donors (Lipinski definition) is 1. The van der Waals surface area contributed by atoms with Crippen LogP contribution in [0.2, 0.25) is 0 Å². The summed E-state index contributed by atoms with van der Waals surface area (Å²) in [5, 5.41) is 0. The Morgan fingerprint density at radius 3 is 2.64 bits per heavy atom. The first-order chi connectivity index (χ1) is 10.7. The number of amides is 1. The van der Waals surface area contributed by atoms with Gasteiger partial charge in [0.1, 0.15) is 11.9 Å². The zero-order chi connectivity index (χ0) is 15.5. The van der Waals surface area contributed by atoms with E-state index in [-0.39, 0.29) is 6.10 Å². The van der Waals surface area contributed by atoms with E-state index in [0.717, 1.165) is 22.4 Å². The van der Waals surface area contributed by atoms with Crippen LogP contribution in [0.1, 0.15) is 18.1 Å². The van der Waals surface area contributed by atoms with Crippen LogP contribution in [0.15, 0.2) is 47.4 Å². The second-order valence-electron chi connectivity index (χ2n) is 5.04. The maximum absolute atomic E-state index is 11.1. The van der Waals surface area contributed by atoms with Gasteiger partial charge in [-0.2, -0.15) is 0 Å². The highest BCUT2D eigenvalue weighted by molar-refractivity contribution is 7.98. The van der Waals surface area contributed by atoms with Gasteiger partial charge in [0.2, 0.25) is 0 Å². The van der Waals surface area contributed by atoms with Crippen LogP contribution < -0.4 is 10.5 Å². The molecule has 1 unspecified atom stereocenters. The molecule has 1 heterocycles. The van der Waals surface area contributed by atoms with Crippen molar-refractivity contribution in [2.45, 2.75) is 17.4 Å². The average molecular weight is 315 g/mol. The van der Waals surface area contributed by atoms with Gasteiger partial charge >= 0.3 is 6.09 Å². The molecule has 0 fully saturated rings. The van der Waals surface area contributed by atoms with Gasteiger partial charge < -0.3 is 15.2 Å². The summed E-state index contributed by atoms with van der Waals surface area (Å²) in [6.45, 7) is 0.521. The summed E-state index contributed by atoms with van der Waals surface area (Å²) in [5.74, 6) is 0.752. The van der Waals surface area contributed by atoms with Crippen molar-refractivity contribution >= 4 is 17.9 Å². The Labute approximate surface area is 133 Å². The van der Waals surface area contributed by atoms with Gasteiger partial charge in [0.15, 0.2) is 0 Å². The van der Waals surface area contributed by atoms with Gasteiger partial charge in [0.25, 0.3) is 0 Å². The molecule has 2 aromatic carbocycles. The number of rotatable bonds is 3. The van der Waals surface area contributed by atoms with E-state index < -0.39 is 6.09 Å². The molecule has 5 heteroatoms. The van der Waals surface area contributed by atoms with Crippen LogP contribution in [-0.4, -0.2) is 19.0 Å². The van der Waals surface area contributed by atoms with E-state index in [9.17, 15) is 4.79 Å². The van der Waals surface area contributed by atoms with Gasteiger partial charge in [0, 0.05) is 16.9 Å². The maximum atomic E-state index is 11.1. The number of nitrogens with two attached hydrogens (primary N) is 1. The average Bonchev–Trinajstić information content (AvgIpc) is 2.54. The van der Waals surface area contributed by atoms with Crippen molar-refractivity contribution in [3.63, 3.8) is 0 Å². The van der Waals surface area contributed by atoms with Crippen molar-refractivity contribution in [3.05, 3.63) is 48.0 Å². The number of carbonyl (C=O) groups excluding carboxylic acids is 1. The molecule has 1 aliphatic rings. The van der Waals surface area contributed by atoms with Crippen LogP contribution in [0.5, 0.6) is 5.75 Å². The monoisotopic (exact) mass is 315 g/mol. The minimum absolute atomic E-state index is 0.341. The number of ether oxygens (including phenoxy) is 2.